The van der Waals surface area contributed by atoms with Crippen molar-refractivity contribution in [3.63, 3.8) is 0 Å². The Bertz CT molecular complexity index is 293. The van der Waals surface area contributed by atoms with E-state index < -0.39 is 6.17 Å². The number of rotatable bonds is 3. The van der Waals surface area contributed by atoms with Crippen molar-refractivity contribution in [3.05, 3.63) is 17.0 Å². The number of nitrogens with two attached hydrogens (primary N) is 1. The third-order valence-corrected chi connectivity index (χ3v) is 2.30. The molecule has 0 spiro atoms. The molecule has 3 nitrogen and oxygen atoms in total. The van der Waals surface area contributed by atoms with E-state index in [9.17, 15) is 4.39 Å². The fourth-order valence-electron chi connectivity index (χ4n) is 1.53. The first kappa shape index (κ1) is 10.2. The Hall–Kier alpha value is -0.900. The van der Waals surface area contributed by atoms with Crippen LogP contribution in [0.5, 0.6) is 0 Å². The summed E-state index contributed by atoms with van der Waals surface area (Å²) in [6.07, 6.45) is -0.605. The van der Waals surface area contributed by atoms with Gasteiger partial charge in [-0.15, -0.1) is 0 Å². The standard InChI is InChI=1S/C9H16FN3/c1-6-9(8(10)4-5-11)7(2)13(3)12-6/h8H,4-5,11H2,1-3H3. The van der Waals surface area contributed by atoms with E-state index in [0.29, 0.717) is 18.5 Å². The van der Waals surface area contributed by atoms with E-state index in [1.807, 2.05) is 20.9 Å². The van der Waals surface area contributed by atoms with Gasteiger partial charge in [0.05, 0.1) is 5.69 Å². The van der Waals surface area contributed by atoms with Crippen LogP contribution in [0.1, 0.15) is 29.5 Å². The summed E-state index contributed by atoms with van der Waals surface area (Å²) in [5.41, 5.74) is 7.66. The second-order valence-electron chi connectivity index (χ2n) is 3.25. The SMILES string of the molecule is Cc1nn(C)c(C)c1C(F)CCN. The molecule has 0 aliphatic carbocycles. The average molecular weight is 185 g/mol. The van der Waals surface area contributed by atoms with Crippen molar-refractivity contribution in [2.24, 2.45) is 12.8 Å². The summed E-state index contributed by atoms with van der Waals surface area (Å²) >= 11 is 0. The van der Waals surface area contributed by atoms with Gasteiger partial charge in [0.15, 0.2) is 0 Å². The monoisotopic (exact) mass is 185 g/mol. The van der Waals surface area contributed by atoms with Gasteiger partial charge in [0.25, 0.3) is 0 Å². The molecule has 0 bridgehead atoms. The van der Waals surface area contributed by atoms with Gasteiger partial charge in [-0.1, -0.05) is 0 Å². The summed E-state index contributed by atoms with van der Waals surface area (Å²) in [7, 11) is 1.82. The largest absolute Gasteiger partial charge is 0.330 e. The quantitative estimate of drug-likeness (QED) is 0.773. The lowest BCUT2D eigenvalue weighted by molar-refractivity contribution is 0.325. The summed E-state index contributed by atoms with van der Waals surface area (Å²) in [4.78, 5) is 0. The highest BCUT2D eigenvalue weighted by Crippen LogP contribution is 2.26. The fourth-order valence-corrected chi connectivity index (χ4v) is 1.53. The number of aryl methyl sites for hydroxylation is 2. The Balaban J connectivity index is 2.98. The highest BCUT2D eigenvalue weighted by Gasteiger charge is 2.18. The maximum absolute atomic E-state index is 13.5. The van der Waals surface area contributed by atoms with E-state index >= 15 is 0 Å². The van der Waals surface area contributed by atoms with E-state index in [1.54, 1.807) is 4.68 Å². The predicted octanol–water partition coefficient (Wildman–Crippen LogP) is 1.40. The van der Waals surface area contributed by atoms with Gasteiger partial charge in [-0.2, -0.15) is 5.10 Å². The van der Waals surface area contributed by atoms with Gasteiger partial charge >= 0.3 is 0 Å². The van der Waals surface area contributed by atoms with Gasteiger partial charge in [-0.3, -0.25) is 4.68 Å². The molecular formula is C9H16FN3. The molecule has 0 aliphatic rings. The van der Waals surface area contributed by atoms with E-state index in [1.165, 1.54) is 0 Å². The lowest BCUT2D eigenvalue weighted by Crippen LogP contribution is -2.05. The van der Waals surface area contributed by atoms with Crippen LogP contribution in [-0.4, -0.2) is 16.3 Å². The smallest absolute Gasteiger partial charge is 0.130 e. The molecule has 0 saturated heterocycles. The maximum Gasteiger partial charge on any atom is 0.130 e. The van der Waals surface area contributed by atoms with Crippen molar-refractivity contribution in [2.75, 3.05) is 6.54 Å². The third-order valence-electron chi connectivity index (χ3n) is 2.30. The van der Waals surface area contributed by atoms with Crippen LogP contribution >= 0.6 is 0 Å². The number of aromatic nitrogens is 2. The Morgan fingerprint density at radius 1 is 1.54 bits per heavy atom. The van der Waals surface area contributed by atoms with Crippen LogP contribution in [0.15, 0.2) is 0 Å². The first-order chi connectivity index (χ1) is 6.07. The van der Waals surface area contributed by atoms with E-state index in [2.05, 4.69) is 5.10 Å². The lowest BCUT2D eigenvalue weighted by atomic mass is 10.1. The minimum atomic E-state index is -0.973. The van der Waals surface area contributed by atoms with E-state index in [0.717, 1.165) is 11.4 Å². The second-order valence-corrected chi connectivity index (χ2v) is 3.25. The molecule has 0 saturated carbocycles. The predicted molar refractivity (Wildman–Crippen MR) is 50.2 cm³/mol. The van der Waals surface area contributed by atoms with Crippen molar-refractivity contribution in [1.82, 2.24) is 9.78 Å². The van der Waals surface area contributed by atoms with Crippen LogP contribution in [0.25, 0.3) is 0 Å². The highest BCUT2D eigenvalue weighted by atomic mass is 19.1. The number of hydrogen-bond donors (Lipinski definition) is 1. The molecule has 0 fully saturated rings. The molecule has 1 rings (SSSR count). The molecule has 0 radical (unpaired) electrons. The molecule has 2 N–H and O–H groups in total. The van der Waals surface area contributed by atoms with Crippen LogP contribution in [0.4, 0.5) is 4.39 Å². The molecule has 1 aromatic heterocycles. The molecule has 0 amide bonds. The zero-order chi connectivity index (χ0) is 10.0. The molecule has 1 unspecified atom stereocenters. The molecule has 0 aliphatic heterocycles. The first-order valence-electron chi connectivity index (χ1n) is 4.42. The van der Waals surface area contributed by atoms with Crippen LogP contribution < -0.4 is 5.73 Å². The van der Waals surface area contributed by atoms with Gasteiger partial charge in [0.1, 0.15) is 6.17 Å². The minimum Gasteiger partial charge on any atom is -0.330 e. The molecule has 0 aromatic carbocycles. The number of alkyl halides is 1. The summed E-state index contributed by atoms with van der Waals surface area (Å²) < 4.78 is 15.2. The van der Waals surface area contributed by atoms with Gasteiger partial charge < -0.3 is 5.73 Å². The average Bonchev–Trinajstić information content (AvgIpc) is 2.27. The van der Waals surface area contributed by atoms with Crippen molar-refractivity contribution in [2.45, 2.75) is 26.4 Å². The van der Waals surface area contributed by atoms with Gasteiger partial charge in [0.2, 0.25) is 0 Å². The zero-order valence-electron chi connectivity index (χ0n) is 8.34. The normalized spacial score (nSPS) is 13.3. The Morgan fingerprint density at radius 3 is 2.54 bits per heavy atom. The Labute approximate surface area is 77.7 Å². The van der Waals surface area contributed by atoms with Crippen LogP contribution in [0.2, 0.25) is 0 Å². The van der Waals surface area contributed by atoms with Gasteiger partial charge in [-0.05, 0) is 26.8 Å². The number of halogens is 1. The molecule has 13 heavy (non-hydrogen) atoms. The fraction of sp³-hybridized carbons (Fsp3) is 0.667. The summed E-state index contributed by atoms with van der Waals surface area (Å²) in [6, 6.07) is 0. The number of nitrogens with zero attached hydrogens (tertiary/aromatic N) is 2. The summed E-state index contributed by atoms with van der Waals surface area (Å²) in [5, 5.41) is 4.15. The topological polar surface area (TPSA) is 43.8 Å². The van der Waals surface area contributed by atoms with E-state index in [-0.39, 0.29) is 0 Å². The first-order valence-corrected chi connectivity index (χ1v) is 4.42. The lowest BCUT2D eigenvalue weighted by Gasteiger charge is -2.06. The molecule has 1 heterocycles. The zero-order valence-corrected chi connectivity index (χ0v) is 8.34. The summed E-state index contributed by atoms with van der Waals surface area (Å²) in [5.74, 6) is 0. The van der Waals surface area contributed by atoms with Crippen molar-refractivity contribution < 1.29 is 4.39 Å². The highest BCUT2D eigenvalue weighted by molar-refractivity contribution is 5.26. The van der Waals surface area contributed by atoms with Gasteiger partial charge in [0, 0.05) is 18.3 Å². The summed E-state index contributed by atoms with van der Waals surface area (Å²) in [6.45, 7) is 4.07. The maximum atomic E-state index is 13.5. The molecular weight excluding hydrogens is 169 g/mol. The van der Waals surface area contributed by atoms with Crippen molar-refractivity contribution in [1.29, 1.82) is 0 Å². The minimum absolute atomic E-state index is 0.368. The molecule has 74 valence electrons. The van der Waals surface area contributed by atoms with Crippen LogP contribution in [0, 0.1) is 13.8 Å². The van der Waals surface area contributed by atoms with Crippen LogP contribution in [-0.2, 0) is 7.05 Å². The van der Waals surface area contributed by atoms with Gasteiger partial charge in [-0.25, -0.2) is 4.39 Å². The second kappa shape index (κ2) is 3.87. The molecule has 4 heteroatoms. The Kier molecular flexibility index (Phi) is 3.03. The van der Waals surface area contributed by atoms with Crippen LogP contribution in [0.3, 0.4) is 0 Å². The Morgan fingerprint density at radius 2 is 2.15 bits per heavy atom. The molecule has 1 aromatic rings. The van der Waals surface area contributed by atoms with Crippen molar-refractivity contribution in [3.8, 4) is 0 Å². The van der Waals surface area contributed by atoms with E-state index in [4.69, 9.17) is 5.73 Å². The third kappa shape index (κ3) is 1.88. The number of hydrogen-bond acceptors (Lipinski definition) is 2. The molecule has 1 atom stereocenters. The van der Waals surface area contributed by atoms with Crippen molar-refractivity contribution >= 4 is 0 Å².